The largest absolute Gasteiger partial charge is 0.416 e. The average molecular weight is 503 g/mol. The molecule has 0 unspecified atom stereocenters. The van der Waals surface area contributed by atoms with Crippen molar-refractivity contribution in [3.63, 3.8) is 0 Å². The number of aryl methyl sites for hydroxylation is 1. The van der Waals surface area contributed by atoms with Crippen molar-refractivity contribution in [3.8, 4) is 0 Å². The van der Waals surface area contributed by atoms with E-state index in [1.54, 1.807) is 37.3 Å². The summed E-state index contributed by atoms with van der Waals surface area (Å²) in [6, 6.07) is 4.72. The highest BCUT2D eigenvalue weighted by atomic mass is 19.4. The highest BCUT2D eigenvalue weighted by Crippen LogP contribution is 2.34. The third kappa shape index (κ3) is 5.00. The Morgan fingerprint density at radius 3 is 2.44 bits per heavy atom. The van der Waals surface area contributed by atoms with Crippen LogP contribution in [0.15, 0.2) is 29.1 Å². The van der Waals surface area contributed by atoms with Crippen molar-refractivity contribution in [3.05, 3.63) is 57.3 Å². The van der Waals surface area contributed by atoms with Crippen LogP contribution in [0.25, 0.3) is 10.9 Å². The van der Waals surface area contributed by atoms with Gasteiger partial charge < -0.3 is 20.5 Å². The van der Waals surface area contributed by atoms with E-state index in [9.17, 15) is 22.8 Å². The van der Waals surface area contributed by atoms with Gasteiger partial charge in [-0.05, 0) is 56.5 Å². The van der Waals surface area contributed by atoms with E-state index in [2.05, 4.69) is 15.3 Å². The van der Waals surface area contributed by atoms with Gasteiger partial charge >= 0.3 is 6.18 Å². The number of benzene rings is 1. The SMILES string of the molecule is CC(=O)N1CCC(c2cc3c(N[C@H](C)c4cc(N)cc(C(F)(F)F)c4)nc(C)nc3c(=O)n2C)CC1. The summed E-state index contributed by atoms with van der Waals surface area (Å²) in [6.07, 6.45) is -3.09. The second-order valence-corrected chi connectivity index (χ2v) is 9.35. The molecule has 11 heteroatoms. The van der Waals surface area contributed by atoms with E-state index in [0.717, 1.165) is 17.8 Å². The molecule has 0 aliphatic carbocycles. The van der Waals surface area contributed by atoms with Gasteiger partial charge in [0, 0.05) is 44.4 Å². The maximum atomic E-state index is 13.3. The fourth-order valence-electron chi connectivity index (χ4n) is 4.77. The Balaban J connectivity index is 1.74. The molecule has 36 heavy (non-hydrogen) atoms. The van der Waals surface area contributed by atoms with Crippen LogP contribution in [-0.2, 0) is 18.0 Å². The topological polar surface area (TPSA) is 106 Å². The molecule has 4 rings (SSSR count). The van der Waals surface area contributed by atoms with Crippen LogP contribution in [-0.4, -0.2) is 38.4 Å². The molecule has 8 nitrogen and oxygen atoms in total. The van der Waals surface area contributed by atoms with Gasteiger partial charge in [0.15, 0.2) is 0 Å². The van der Waals surface area contributed by atoms with Gasteiger partial charge in [-0.15, -0.1) is 0 Å². The zero-order valence-electron chi connectivity index (χ0n) is 20.6. The number of carbonyl (C=O) groups is 1. The third-order valence-corrected chi connectivity index (χ3v) is 6.76. The van der Waals surface area contributed by atoms with Crippen LogP contribution >= 0.6 is 0 Å². The number of halogens is 3. The first-order valence-electron chi connectivity index (χ1n) is 11.7. The molecule has 0 spiro atoms. The minimum Gasteiger partial charge on any atom is -0.399 e. The predicted molar refractivity (Wildman–Crippen MR) is 132 cm³/mol. The Bertz CT molecular complexity index is 1380. The van der Waals surface area contributed by atoms with Gasteiger partial charge in [0.25, 0.3) is 5.56 Å². The summed E-state index contributed by atoms with van der Waals surface area (Å²) in [4.78, 5) is 35.6. The smallest absolute Gasteiger partial charge is 0.399 e. The summed E-state index contributed by atoms with van der Waals surface area (Å²) in [5.41, 5.74) is 6.02. The Morgan fingerprint density at radius 2 is 1.83 bits per heavy atom. The number of pyridine rings is 1. The van der Waals surface area contributed by atoms with Gasteiger partial charge in [-0.3, -0.25) is 9.59 Å². The Morgan fingerprint density at radius 1 is 1.17 bits per heavy atom. The maximum absolute atomic E-state index is 13.3. The zero-order chi connectivity index (χ0) is 26.4. The molecule has 0 bridgehead atoms. The van der Waals surface area contributed by atoms with Crippen LogP contribution in [0.3, 0.4) is 0 Å². The monoisotopic (exact) mass is 502 g/mol. The molecule has 1 amide bonds. The normalized spacial score (nSPS) is 15.8. The number of likely N-dealkylation sites (tertiary alicyclic amines) is 1. The molecule has 3 heterocycles. The molecule has 3 aromatic rings. The second-order valence-electron chi connectivity index (χ2n) is 9.35. The van der Waals surface area contributed by atoms with Gasteiger partial charge in [0.05, 0.1) is 17.0 Å². The van der Waals surface area contributed by atoms with Crippen molar-refractivity contribution in [2.75, 3.05) is 24.1 Å². The number of piperidine rings is 1. The lowest BCUT2D eigenvalue weighted by Crippen LogP contribution is -2.37. The van der Waals surface area contributed by atoms with Crippen LogP contribution < -0.4 is 16.6 Å². The first kappa shape index (κ1) is 25.5. The molecule has 2 aromatic heterocycles. The number of fused-ring (bicyclic) bond motifs is 1. The Kier molecular flexibility index (Phi) is 6.68. The third-order valence-electron chi connectivity index (χ3n) is 6.76. The Labute approximate surface area is 206 Å². The van der Waals surface area contributed by atoms with Crippen LogP contribution in [0, 0.1) is 6.92 Å². The maximum Gasteiger partial charge on any atom is 0.416 e. The number of nitrogens with one attached hydrogen (secondary N) is 1. The summed E-state index contributed by atoms with van der Waals surface area (Å²) in [6.45, 7) is 6.12. The number of amides is 1. The number of aromatic nitrogens is 3. The number of nitrogen functional groups attached to an aromatic ring is 1. The Hall–Kier alpha value is -3.63. The van der Waals surface area contributed by atoms with Crippen LogP contribution in [0.1, 0.15) is 61.3 Å². The van der Waals surface area contributed by atoms with Gasteiger partial charge in [-0.2, -0.15) is 13.2 Å². The van der Waals surface area contributed by atoms with Gasteiger partial charge in [0.1, 0.15) is 17.2 Å². The van der Waals surface area contributed by atoms with E-state index in [0.29, 0.717) is 48.5 Å². The van der Waals surface area contributed by atoms with E-state index in [1.165, 1.54) is 6.07 Å². The molecule has 3 N–H and O–H groups in total. The van der Waals surface area contributed by atoms with Crippen LogP contribution in [0.2, 0.25) is 0 Å². The van der Waals surface area contributed by atoms with Crippen molar-refractivity contribution in [2.24, 2.45) is 7.05 Å². The van der Waals surface area contributed by atoms with Crippen molar-refractivity contribution in [2.45, 2.75) is 51.7 Å². The number of alkyl halides is 3. The quantitative estimate of drug-likeness (QED) is 0.520. The second kappa shape index (κ2) is 9.44. The number of anilines is 2. The van der Waals surface area contributed by atoms with Crippen LogP contribution in [0.4, 0.5) is 24.7 Å². The minimum absolute atomic E-state index is 0.00487. The summed E-state index contributed by atoms with van der Waals surface area (Å²) in [5.74, 6) is 0.819. The fraction of sp³-hybridized carbons (Fsp3) is 0.440. The minimum atomic E-state index is -4.53. The number of nitrogens with two attached hydrogens (primary N) is 1. The molecule has 192 valence electrons. The summed E-state index contributed by atoms with van der Waals surface area (Å²) < 4.78 is 41.5. The molecule has 1 aliphatic heterocycles. The lowest BCUT2D eigenvalue weighted by molar-refractivity contribution is -0.137. The summed E-state index contributed by atoms with van der Waals surface area (Å²) in [7, 11) is 1.70. The van der Waals surface area contributed by atoms with Crippen molar-refractivity contribution in [1.29, 1.82) is 0 Å². The number of rotatable bonds is 4. The molecule has 1 aromatic carbocycles. The summed E-state index contributed by atoms with van der Waals surface area (Å²) >= 11 is 0. The summed E-state index contributed by atoms with van der Waals surface area (Å²) in [5, 5.41) is 3.67. The van der Waals surface area contributed by atoms with E-state index in [4.69, 9.17) is 5.73 Å². The standard InChI is InChI=1S/C25H29F3N6O2/c1-13(17-9-18(25(26,27)28)11-19(29)10-17)30-23-20-12-21(16-5-7-34(8-6-16)15(3)35)33(4)24(36)22(20)31-14(2)32-23/h9-13,16H,5-8,29H2,1-4H3,(H,30,31,32)/t13-/m1/s1. The molecule has 1 saturated heterocycles. The van der Waals surface area contributed by atoms with Crippen molar-refractivity contribution in [1.82, 2.24) is 19.4 Å². The zero-order valence-corrected chi connectivity index (χ0v) is 20.6. The molecule has 1 fully saturated rings. The number of nitrogens with zero attached hydrogens (tertiary/aromatic N) is 4. The van der Waals surface area contributed by atoms with Gasteiger partial charge in [-0.25, -0.2) is 9.97 Å². The van der Waals surface area contributed by atoms with E-state index >= 15 is 0 Å². The molecule has 1 aliphatic rings. The number of carbonyl (C=O) groups excluding carboxylic acids is 1. The molecule has 1 atom stereocenters. The van der Waals surface area contributed by atoms with E-state index in [-0.39, 0.29) is 28.6 Å². The average Bonchev–Trinajstić information content (AvgIpc) is 2.80. The highest BCUT2D eigenvalue weighted by molar-refractivity contribution is 5.89. The molecule has 0 radical (unpaired) electrons. The highest BCUT2D eigenvalue weighted by Gasteiger charge is 2.31. The van der Waals surface area contributed by atoms with Crippen molar-refractivity contribution >= 4 is 28.3 Å². The first-order chi connectivity index (χ1) is 16.8. The van der Waals surface area contributed by atoms with Gasteiger partial charge in [0.2, 0.25) is 5.91 Å². The molecular formula is C25H29F3N6O2. The first-order valence-corrected chi connectivity index (χ1v) is 11.7. The van der Waals surface area contributed by atoms with Crippen LogP contribution in [0.5, 0.6) is 0 Å². The van der Waals surface area contributed by atoms with E-state index < -0.39 is 17.8 Å². The van der Waals surface area contributed by atoms with E-state index in [1.807, 2.05) is 6.07 Å². The lowest BCUT2D eigenvalue weighted by Gasteiger charge is -2.32. The van der Waals surface area contributed by atoms with Crippen molar-refractivity contribution < 1.29 is 18.0 Å². The number of hydrogen-bond donors (Lipinski definition) is 2. The molecular weight excluding hydrogens is 473 g/mol. The lowest BCUT2D eigenvalue weighted by atomic mass is 9.92. The van der Waals surface area contributed by atoms with Gasteiger partial charge in [-0.1, -0.05) is 0 Å². The fourth-order valence-corrected chi connectivity index (χ4v) is 4.77. The predicted octanol–water partition coefficient (Wildman–Crippen LogP) is 4.14. The molecule has 0 saturated carbocycles. The number of hydrogen-bond acceptors (Lipinski definition) is 6.